The molecule has 0 bridgehead atoms. The molecule has 4 N–H and O–H groups in total. The van der Waals surface area contributed by atoms with Crippen LogP contribution in [0.4, 0.5) is 0 Å². The number of aromatic hydroxyl groups is 3. The van der Waals surface area contributed by atoms with Gasteiger partial charge in [-0.1, -0.05) is 0 Å². The molecule has 1 fully saturated rings. The van der Waals surface area contributed by atoms with Crippen LogP contribution in [0.15, 0.2) is 24.3 Å². The first-order valence-electron chi connectivity index (χ1n) is 14.6. The van der Waals surface area contributed by atoms with Gasteiger partial charge < -0.3 is 34.6 Å². The molecule has 1 heterocycles. The van der Waals surface area contributed by atoms with E-state index in [1.54, 1.807) is 26.8 Å². The van der Waals surface area contributed by atoms with E-state index in [2.05, 4.69) is 0 Å². The zero-order chi connectivity index (χ0) is 32.7. The summed E-state index contributed by atoms with van der Waals surface area (Å²) in [7, 11) is 1.25. The number of esters is 1. The van der Waals surface area contributed by atoms with Crippen molar-refractivity contribution >= 4 is 23.3 Å². The number of Topliss-reactive ketones (excluding diaryl/α,β-unsaturated/α-hetero) is 3. The Kier molecular flexibility index (Phi) is 9.14. The summed E-state index contributed by atoms with van der Waals surface area (Å²) in [6.07, 6.45) is -3.77. The number of rotatable bonds is 4. The van der Waals surface area contributed by atoms with Crippen LogP contribution in [-0.2, 0) is 30.3 Å². The van der Waals surface area contributed by atoms with E-state index in [1.807, 2.05) is 0 Å². The number of fused-ring (bicyclic) bond motifs is 1. The molecule has 4 rings (SSSR count). The van der Waals surface area contributed by atoms with Crippen molar-refractivity contribution in [1.82, 2.24) is 0 Å². The van der Waals surface area contributed by atoms with Gasteiger partial charge in [0.1, 0.15) is 34.7 Å². The molecule has 2 aromatic rings. The van der Waals surface area contributed by atoms with Gasteiger partial charge >= 0.3 is 5.97 Å². The van der Waals surface area contributed by atoms with Crippen molar-refractivity contribution < 1.29 is 53.8 Å². The van der Waals surface area contributed by atoms with Gasteiger partial charge in [0.15, 0.2) is 23.5 Å². The number of hydrogen-bond acceptors (Lipinski definition) is 11. The summed E-state index contributed by atoms with van der Waals surface area (Å²) in [6, 6.07) is 5.32. The second kappa shape index (κ2) is 12.2. The van der Waals surface area contributed by atoms with Gasteiger partial charge in [-0.3, -0.25) is 19.2 Å². The van der Waals surface area contributed by atoms with Crippen LogP contribution in [0.1, 0.15) is 73.5 Å². The van der Waals surface area contributed by atoms with Gasteiger partial charge in [-0.2, -0.15) is 0 Å². The van der Waals surface area contributed by atoms with E-state index in [4.69, 9.17) is 14.2 Å². The summed E-state index contributed by atoms with van der Waals surface area (Å²) in [5, 5.41) is 42.6. The Morgan fingerprint density at radius 3 is 2.27 bits per heavy atom. The predicted octanol–water partition coefficient (Wildman–Crippen LogP) is 3.64. The standard InChI is InChI=1S/C33H40O11/c1-16-10-22(35)18(3)25(11-16)44-31-30(41)32(4,28(39)29(40)33(31,5)42-6)20-9-7-8-17(2)43-26(38)13-19-12-21(34)15-24(37)27(19)23(36)14-20/h10-12,15,17,20,29,31,34-35,37,40H,7-9,13-14H2,1-6H3/t17-,20?,29+,31-,32+,33-/m0/s1. The fourth-order valence-corrected chi connectivity index (χ4v) is 6.37. The Morgan fingerprint density at radius 2 is 1.61 bits per heavy atom. The fraction of sp³-hybridized carbons (Fsp3) is 0.515. The molecule has 1 unspecified atom stereocenters. The molecule has 1 aliphatic carbocycles. The minimum Gasteiger partial charge on any atom is -0.508 e. The van der Waals surface area contributed by atoms with Gasteiger partial charge in [0.05, 0.1) is 23.5 Å². The second-order valence-electron chi connectivity index (χ2n) is 12.4. The molecule has 0 amide bonds. The van der Waals surface area contributed by atoms with Crippen LogP contribution >= 0.6 is 0 Å². The molecule has 11 heteroatoms. The molecule has 44 heavy (non-hydrogen) atoms. The lowest BCUT2D eigenvalue weighted by molar-refractivity contribution is -0.198. The molecule has 0 aromatic heterocycles. The summed E-state index contributed by atoms with van der Waals surface area (Å²) >= 11 is 0. The van der Waals surface area contributed by atoms with E-state index in [0.717, 1.165) is 6.07 Å². The van der Waals surface area contributed by atoms with E-state index in [-0.39, 0.29) is 34.8 Å². The Morgan fingerprint density at radius 1 is 0.932 bits per heavy atom. The summed E-state index contributed by atoms with van der Waals surface area (Å²) in [5.74, 6) is -4.63. The van der Waals surface area contributed by atoms with Crippen LogP contribution in [-0.4, -0.2) is 74.8 Å². The highest BCUT2D eigenvalue weighted by Gasteiger charge is 2.65. The number of carbonyl (C=O) groups is 4. The van der Waals surface area contributed by atoms with Gasteiger partial charge in [-0.05, 0) is 89.1 Å². The first-order valence-corrected chi connectivity index (χ1v) is 14.6. The smallest absolute Gasteiger partial charge is 0.310 e. The Hall–Kier alpha value is -3.96. The number of phenols is 3. The van der Waals surface area contributed by atoms with Gasteiger partial charge in [0.25, 0.3) is 0 Å². The molecule has 0 spiro atoms. The normalized spacial score (nSPS) is 30.2. The number of methoxy groups -OCH3 is 1. The van der Waals surface area contributed by atoms with E-state index < -0.39 is 77.2 Å². The minimum atomic E-state index is -1.94. The maximum absolute atomic E-state index is 14.5. The molecule has 11 nitrogen and oxygen atoms in total. The van der Waals surface area contributed by atoms with Crippen molar-refractivity contribution in [3.63, 3.8) is 0 Å². The summed E-state index contributed by atoms with van der Waals surface area (Å²) in [4.78, 5) is 55.0. The highest BCUT2D eigenvalue weighted by molar-refractivity contribution is 6.15. The van der Waals surface area contributed by atoms with E-state index in [0.29, 0.717) is 24.0 Å². The molecule has 1 aliphatic heterocycles. The lowest BCUT2D eigenvalue weighted by atomic mass is 9.57. The second-order valence-corrected chi connectivity index (χ2v) is 12.4. The molecule has 238 valence electrons. The maximum Gasteiger partial charge on any atom is 0.310 e. The van der Waals surface area contributed by atoms with Crippen LogP contribution in [0.25, 0.3) is 0 Å². The third kappa shape index (κ3) is 5.78. The average molecular weight is 613 g/mol. The van der Waals surface area contributed by atoms with Crippen molar-refractivity contribution in [3.05, 3.63) is 46.5 Å². The zero-order valence-electron chi connectivity index (χ0n) is 25.8. The van der Waals surface area contributed by atoms with Gasteiger partial charge in [0, 0.05) is 25.2 Å². The van der Waals surface area contributed by atoms with Crippen LogP contribution < -0.4 is 4.74 Å². The predicted molar refractivity (Wildman–Crippen MR) is 157 cm³/mol. The third-order valence-electron chi connectivity index (χ3n) is 9.28. The topological polar surface area (TPSA) is 177 Å². The quantitative estimate of drug-likeness (QED) is 0.293. The average Bonchev–Trinajstić information content (AvgIpc) is 2.94. The molecular weight excluding hydrogens is 572 g/mol. The number of aliphatic hydroxyl groups excluding tert-OH is 1. The first kappa shape index (κ1) is 32.9. The molecule has 2 aliphatic rings. The van der Waals surface area contributed by atoms with Crippen molar-refractivity contribution in [2.45, 2.75) is 90.6 Å². The monoisotopic (exact) mass is 612 g/mol. The van der Waals surface area contributed by atoms with Crippen molar-refractivity contribution in [2.75, 3.05) is 7.11 Å². The van der Waals surface area contributed by atoms with E-state index in [1.165, 1.54) is 33.1 Å². The molecule has 0 saturated heterocycles. The van der Waals surface area contributed by atoms with Crippen LogP contribution in [0.5, 0.6) is 23.0 Å². The highest BCUT2D eigenvalue weighted by atomic mass is 16.6. The van der Waals surface area contributed by atoms with Gasteiger partial charge in [-0.25, -0.2) is 0 Å². The van der Waals surface area contributed by atoms with Crippen LogP contribution in [0, 0.1) is 25.2 Å². The number of ether oxygens (including phenoxy) is 3. The number of hydrogen-bond donors (Lipinski definition) is 4. The number of cyclic esters (lactones) is 1. The molecule has 6 atom stereocenters. The number of aryl methyl sites for hydroxylation is 1. The number of benzene rings is 2. The third-order valence-corrected chi connectivity index (χ3v) is 9.28. The summed E-state index contributed by atoms with van der Waals surface area (Å²) < 4.78 is 17.2. The van der Waals surface area contributed by atoms with Crippen molar-refractivity contribution in [1.29, 1.82) is 0 Å². The first-order chi connectivity index (χ1) is 20.5. The number of carbonyl (C=O) groups excluding carboxylic acids is 4. The van der Waals surface area contributed by atoms with Crippen molar-refractivity contribution in [3.8, 4) is 23.0 Å². The van der Waals surface area contributed by atoms with Crippen LogP contribution in [0.3, 0.4) is 0 Å². The molecular formula is C33H40O11. The Bertz CT molecular complexity index is 1500. The molecule has 0 radical (unpaired) electrons. The Balaban J connectivity index is 1.83. The number of phenolic OH excluding ortho intramolecular Hbond substituents is 3. The minimum absolute atomic E-state index is 0.0402. The lowest BCUT2D eigenvalue weighted by Crippen LogP contribution is -2.71. The van der Waals surface area contributed by atoms with Gasteiger partial charge in [-0.15, -0.1) is 0 Å². The SMILES string of the molecule is CO[C@@]1(C)[C@H](O)C(=O)[C@@](C)(C2CCC[C@H](C)OC(=O)Cc3cc(O)cc(O)c3C(=O)C2)C(=O)[C@@H]1Oc1cc(C)cc(O)c1C. The highest BCUT2D eigenvalue weighted by Crippen LogP contribution is 2.48. The maximum atomic E-state index is 14.5. The van der Waals surface area contributed by atoms with Crippen LogP contribution in [0.2, 0.25) is 0 Å². The van der Waals surface area contributed by atoms with Gasteiger partial charge in [0.2, 0.25) is 0 Å². The fourth-order valence-electron chi connectivity index (χ4n) is 6.37. The van der Waals surface area contributed by atoms with E-state index in [9.17, 15) is 39.6 Å². The number of aliphatic hydroxyl groups is 1. The number of ketones is 3. The molecule has 2 aromatic carbocycles. The lowest BCUT2D eigenvalue weighted by Gasteiger charge is -2.50. The van der Waals surface area contributed by atoms with E-state index >= 15 is 0 Å². The van der Waals surface area contributed by atoms with Crippen molar-refractivity contribution in [2.24, 2.45) is 11.3 Å². The summed E-state index contributed by atoms with van der Waals surface area (Å²) in [5.41, 5.74) is -2.94. The zero-order valence-corrected chi connectivity index (χ0v) is 25.8. The largest absolute Gasteiger partial charge is 0.508 e. The molecule has 1 saturated carbocycles. The Labute approximate surface area is 255 Å². The summed E-state index contributed by atoms with van der Waals surface area (Å²) in [6.45, 7) is 7.81.